The molecule has 96 valence electrons. The van der Waals surface area contributed by atoms with Crippen molar-refractivity contribution in [1.29, 1.82) is 0 Å². The van der Waals surface area contributed by atoms with E-state index in [1.807, 2.05) is 0 Å². The van der Waals surface area contributed by atoms with Crippen LogP contribution in [0.15, 0.2) is 30.7 Å². The predicted molar refractivity (Wildman–Crippen MR) is 63.8 cm³/mol. The van der Waals surface area contributed by atoms with Gasteiger partial charge >= 0.3 is 11.4 Å². The topological polar surface area (TPSA) is 64.3 Å². The molecule has 0 aliphatic heterocycles. The molecule has 0 saturated carbocycles. The van der Waals surface area contributed by atoms with Gasteiger partial charge in [-0.2, -0.15) is 4.21 Å². The molecule has 1 unspecified atom stereocenters. The summed E-state index contributed by atoms with van der Waals surface area (Å²) in [5.41, 5.74) is 1.48. The van der Waals surface area contributed by atoms with Crippen molar-refractivity contribution in [2.45, 2.75) is 13.5 Å². The van der Waals surface area contributed by atoms with Crippen LogP contribution in [0.2, 0.25) is 0 Å². The zero-order chi connectivity index (χ0) is 13.1. The number of halogens is 1. The van der Waals surface area contributed by atoms with E-state index < -0.39 is 17.2 Å². The fourth-order valence-electron chi connectivity index (χ4n) is 1.62. The average Bonchev–Trinajstić information content (AvgIpc) is 2.72. The molecule has 1 aromatic heterocycles. The Morgan fingerprint density at radius 1 is 1.56 bits per heavy atom. The van der Waals surface area contributed by atoms with Crippen LogP contribution in [-0.2, 0) is 22.2 Å². The van der Waals surface area contributed by atoms with Gasteiger partial charge in [-0.15, -0.1) is 0 Å². The van der Waals surface area contributed by atoms with Crippen molar-refractivity contribution in [2.75, 3.05) is 0 Å². The van der Waals surface area contributed by atoms with Crippen LogP contribution in [0, 0.1) is 12.7 Å². The minimum atomic E-state index is -2.38. The van der Waals surface area contributed by atoms with Crippen LogP contribution in [0.4, 0.5) is 4.39 Å². The molecular formula is C11H11FN2O3S. The summed E-state index contributed by atoms with van der Waals surface area (Å²) in [6.45, 7) is 1.63. The third-order valence-electron chi connectivity index (χ3n) is 2.36. The van der Waals surface area contributed by atoms with Crippen molar-refractivity contribution < 1.29 is 17.3 Å². The van der Waals surface area contributed by atoms with Crippen molar-refractivity contribution in [3.63, 3.8) is 0 Å². The van der Waals surface area contributed by atoms with Gasteiger partial charge in [0.15, 0.2) is 0 Å². The highest BCUT2D eigenvalue weighted by molar-refractivity contribution is 7.74. The summed E-state index contributed by atoms with van der Waals surface area (Å²) in [6, 6.07) is 4.45. The predicted octanol–water partition coefficient (Wildman–Crippen LogP) is 1.97. The van der Waals surface area contributed by atoms with E-state index in [4.69, 9.17) is 4.55 Å². The van der Waals surface area contributed by atoms with Crippen molar-refractivity contribution in [1.82, 2.24) is 9.55 Å². The molecule has 1 aromatic carbocycles. The number of imidazole rings is 1. The number of hydrogen-bond acceptors (Lipinski definition) is 3. The van der Waals surface area contributed by atoms with Gasteiger partial charge in [-0.25, -0.2) is 9.37 Å². The van der Waals surface area contributed by atoms with Crippen LogP contribution < -0.4 is 0 Å². The summed E-state index contributed by atoms with van der Waals surface area (Å²) in [4.78, 5) is 4.02. The van der Waals surface area contributed by atoms with Gasteiger partial charge in [0.25, 0.3) is 0 Å². The van der Waals surface area contributed by atoms with E-state index in [-0.39, 0.29) is 12.3 Å². The smallest absolute Gasteiger partial charge is 0.302 e. The second-order valence-electron chi connectivity index (χ2n) is 3.65. The minimum absolute atomic E-state index is 0.159. The number of hydrogen-bond donors (Lipinski definition) is 1. The molecule has 0 aliphatic carbocycles. The van der Waals surface area contributed by atoms with E-state index in [2.05, 4.69) is 9.17 Å². The van der Waals surface area contributed by atoms with Crippen LogP contribution in [0.3, 0.4) is 0 Å². The molecule has 1 N–H and O–H groups in total. The number of aryl methyl sites for hydroxylation is 1. The molecule has 0 fully saturated rings. The first-order valence-electron chi connectivity index (χ1n) is 5.10. The summed E-state index contributed by atoms with van der Waals surface area (Å²) in [5, 5.41) is 0. The standard InChI is InChI=1S/C11H11FN2O3S/c1-8-5-14(7-13-8)11-9(6-17-18(15)16)3-2-4-10(11)12/h2-5,7H,6H2,1H3,(H,15,16). The molecular weight excluding hydrogens is 259 g/mol. The third kappa shape index (κ3) is 2.81. The van der Waals surface area contributed by atoms with Gasteiger partial charge in [0.2, 0.25) is 0 Å². The molecule has 7 heteroatoms. The second-order valence-corrected chi connectivity index (χ2v) is 4.32. The van der Waals surface area contributed by atoms with Crippen molar-refractivity contribution in [3.8, 4) is 5.69 Å². The molecule has 2 rings (SSSR count). The van der Waals surface area contributed by atoms with Crippen molar-refractivity contribution in [2.24, 2.45) is 0 Å². The molecule has 1 heterocycles. The molecule has 2 aromatic rings. The quantitative estimate of drug-likeness (QED) is 0.863. The Balaban J connectivity index is 2.41. The molecule has 0 aliphatic rings. The zero-order valence-electron chi connectivity index (χ0n) is 9.54. The lowest BCUT2D eigenvalue weighted by molar-refractivity contribution is 0.296. The van der Waals surface area contributed by atoms with Crippen LogP contribution >= 0.6 is 0 Å². The number of nitrogens with zero attached hydrogens (tertiary/aromatic N) is 2. The normalized spacial score (nSPS) is 12.6. The highest BCUT2D eigenvalue weighted by Crippen LogP contribution is 2.20. The summed E-state index contributed by atoms with van der Waals surface area (Å²) in [5.74, 6) is -0.447. The molecule has 0 spiro atoms. The van der Waals surface area contributed by atoms with Crippen LogP contribution in [-0.4, -0.2) is 18.3 Å². The van der Waals surface area contributed by atoms with Gasteiger partial charge < -0.3 is 4.57 Å². The van der Waals surface area contributed by atoms with E-state index in [9.17, 15) is 8.60 Å². The Bertz CT molecular complexity index is 585. The fourth-order valence-corrected chi connectivity index (χ4v) is 1.85. The highest BCUT2D eigenvalue weighted by Gasteiger charge is 2.11. The maximum absolute atomic E-state index is 13.8. The third-order valence-corrected chi connectivity index (χ3v) is 2.67. The van der Waals surface area contributed by atoms with E-state index >= 15 is 0 Å². The molecule has 18 heavy (non-hydrogen) atoms. The van der Waals surface area contributed by atoms with Crippen molar-refractivity contribution >= 4 is 11.4 Å². The second kappa shape index (κ2) is 5.38. The lowest BCUT2D eigenvalue weighted by Crippen LogP contribution is -2.04. The monoisotopic (exact) mass is 270 g/mol. The Morgan fingerprint density at radius 3 is 2.94 bits per heavy atom. The Morgan fingerprint density at radius 2 is 2.33 bits per heavy atom. The van der Waals surface area contributed by atoms with Crippen LogP contribution in [0.5, 0.6) is 0 Å². The lowest BCUT2D eigenvalue weighted by atomic mass is 10.2. The van der Waals surface area contributed by atoms with Crippen LogP contribution in [0.1, 0.15) is 11.3 Å². The summed E-state index contributed by atoms with van der Waals surface area (Å²) in [7, 11) is 0. The molecule has 0 saturated heterocycles. The van der Waals surface area contributed by atoms with E-state index in [0.717, 1.165) is 5.69 Å². The molecule has 1 atom stereocenters. The highest BCUT2D eigenvalue weighted by atomic mass is 32.2. The number of benzene rings is 1. The Labute approximate surface area is 106 Å². The summed E-state index contributed by atoms with van der Waals surface area (Å²) < 4.78 is 39.0. The molecule has 0 bridgehead atoms. The maximum Gasteiger partial charge on any atom is 0.302 e. The van der Waals surface area contributed by atoms with Gasteiger partial charge in [0, 0.05) is 11.8 Å². The van der Waals surface area contributed by atoms with E-state index in [1.54, 1.807) is 19.2 Å². The number of para-hydroxylation sites is 1. The minimum Gasteiger partial charge on any atom is -0.303 e. The van der Waals surface area contributed by atoms with Gasteiger partial charge in [-0.1, -0.05) is 12.1 Å². The number of rotatable bonds is 4. The van der Waals surface area contributed by atoms with Crippen molar-refractivity contribution in [3.05, 3.63) is 47.8 Å². The largest absolute Gasteiger partial charge is 0.303 e. The van der Waals surface area contributed by atoms with Gasteiger partial charge in [-0.05, 0) is 13.0 Å². The first-order valence-corrected chi connectivity index (χ1v) is 6.13. The first-order chi connectivity index (χ1) is 8.58. The van der Waals surface area contributed by atoms with Crippen LogP contribution in [0.25, 0.3) is 5.69 Å². The molecule has 5 nitrogen and oxygen atoms in total. The Kier molecular flexibility index (Phi) is 3.85. The first kappa shape index (κ1) is 12.9. The van der Waals surface area contributed by atoms with Gasteiger partial charge in [-0.3, -0.25) is 8.74 Å². The zero-order valence-corrected chi connectivity index (χ0v) is 10.4. The van der Waals surface area contributed by atoms with Gasteiger partial charge in [0.1, 0.15) is 5.82 Å². The summed E-state index contributed by atoms with van der Waals surface area (Å²) in [6.07, 6.45) is 3.14. The van der Waals surface area contributed by atoms with Gasteiger partial charge in [0.05, 0.1) is 24.3 Å². The maximum atomic E-state index is 13.8. The lowest BCUT2D eigenvalue weighted by Gasteiger charge is -2.10. The summed E-state index contributed by atoms with van der Waals surface area (Å²) >= 11 is -2.38. The Hall–Kier alpha value is -1.57. The molecule has 0 radical (unpaired) electrons. The fraction of sp³-hybridized carbons (Fsp3) is 0.182. The average molecular weight is 270 g/mol. The SMILES string of the molecule is Cc1cn(-c2c(F)cccc2COS(=O)O)cn1. The van der Waals surface area contributed by atoms with E-state index in [1.165, 1.54) is 23.0 Å². The van der Waals surface area contributed by atoms with E-state index in [0.29, 0.717) is 5.56 Å². The molecule has 0 amide bonds. The number of aromatic nitrogens is 2.